The fraction of sp³-hybridized carbons (Fsp3) is 0.765. The summed E-state index contributed by atoms with van der Waals surface area (Å²) in [7, 11) is 1.49. The van der Waals surface area contributed by atoms with E-state index in [2.05, 4.69) is 13.8 Å². The van der Waals surface area contributed by atoms with Crippen LogP contribution >= 0.6 is 0 Å². The predicted octanol–water partition coefficient (Wildman–Crippen LogP) is 4.25. The van der Waals surface area contributed by atoms with Crippen molar-refractivity contribution in [2.45, 2.75) is 115 Å². The molecule has 0 radical (unpaired) electrons. The lowest BCUT2D eigenvalue weighted by Crippen LogP contribution is -2.67. The van der Waals surface area contributed by atoms with E-state index in [1.54, 1.807) is 24.3 Å². The monoisotopic (exact) mass is 583 g/mol. The van der Waals surface area contributed by atoms with Crippen molar-refractivity contribution in [2.75, 3.05) is 7.11 Å². The molecule has 13 atom stereocenters. The van der Waals surface area contributed by atoms with Crippen molar-refractivity contribution < 1.29 is 34.0 Å². The highest BCUT2D eigenvalue weighted by Crippen LogP contribution is 2.68. The highest BCUT2D eigenvalue weighted by molar-refractivity contribution is 5.89. The molecule has 0 unspecified atom stereocenters. The van der Waals surface area contributed by atoms with Gasteiger partial charge in [-0.1, -0.05) is 32.0 Å². The lowest BCUT2D eigenvalue weighted by molar-refractivity contribution is -0.238. The van der Waals surface area contributed by atoms with Crippen molar-refractivity contribution in [2.24, 2.45) is 46.2 Å². The van der Waals surface area contributed by atoms with E-state index in [0.717, 1.165) is 57.8 Å². The summed E-state index contributed by atoms with van der Waals surface area (Å²) >= 11 is 0. The van der Waals surface area contributed by atoms with Crippen LogP contribution in [-0.4, -0.2) is 65.3 Å². The van der Waals surface area contributed by atoms with Gasteiger partial charge in [-0.05, 0) is 111 Å². The molecule has 1 aromatic carbocycles. The molecule has 8 heteroatoms. The number of carbonyl (C=O) groups is 2. The molecule has 4 saturated carbocycles. The molecular weight excluding hydrogens is 534 g/mol. The van der Waals surface area contributed by atoms with Crippen molar-refractivity contribution in [1.29, 1.82) is 0 Å². The Morgan fingerprint density at radius 1 is 0.952 bits per heavy atom. The van der Waals surface area contributed by atoms with Gasteiger partial charge in [-0.3, -0.25) is 4.79 Å². The third-order valence-corrected chi connectivity index (χ3v) is 13.1. The molecule has 0 aromatic heterocycles. The zero-order chi connectivity index (χ0) is 30.0. The van der Waals surface area contributed by atoms with Gasteiger partial charge in [0.15, 0.2) is 6.10 Å². The minimum atomic E-state index is -1.21. The van der Waals surface area contributed by atoms with Gasteiger partial charge in [0, 0.05) is 5.54 Å². The minimum Gasteiger partial charge on any atom is -0.469 e. The summed E-state index contributed by atoms with van der Waals surface area (Å²) < 4.78 is 17.2. The Morgan fingerprint density at radius 2 is 1.69 bits per heavy atom. The average molecular weight is 584 g/mol. The number of benzene rings is 1. The molecule has 5 fully saturated rings. The van der Waals surface area contributed by atoms with Crippen LogP contribution in [0.2, 0.25) is 0 Å². The second kappa shape index (κ2) is 10.9. The maximum absolute atomic E-state index is 12.7. The molecule has 1 heterocycles. The first-order valence-corrected chi connectivity index (χ1v) is 16.1. The first kappa shape index (κ1) is 30.0. The number of fused-ring (bicyclic) bond motifs is 5. The Kier molecular flexibility index (Phi) is 7.77. The summed E-state index contributed by atoms with van der Waals surface area (Å²) in [5, 5.41) is 22.3. The normalized spacial score (nSPS) is 48.4. The number of nitrogens with two attached hydrogens (primary N) is 1. The van der Waals surface area contributed by atoms with Gasteiger partial charge in [-0.25, -0.2) is 4.79 Å². The van der Waals surface area contributed by atoms with Crippen LogP contribution in [-0.2, 0) is 19.0 Å². The third kappa shape index (κ3) is 4.46. The van der Waals surface area contributed by atoms with Crippen LogP contribution in [0.15, 0.2) is 30.3 Å². The molecular formula is C34H49NO7. The first-order valence-electron chi connectivity index (χ1n) is 16.1. The molecule has 1 aliphatic heterocycles. The molecule has 0 amide bonds. The number of hydrogen-bond acceptors (Lipinski definition) is 8. The number of carbonyl (C=O) groups excluding carboxylic acids is 2. The van der Waals surface area contributed by atoms with Crippen molar-refractivity contribution in [3.63, 3.8) is 0 Å². The summed E-state index contributed by atoms with van der Waals surface area (Å²) in [5.41, 5.74) is 7.34. The zero-order valence-electron chi connectivity index (χ0n) is 25.5. The molecule has 0 spiro atoms. The van der Waals surface area contributed by atoms with Gasteiger partial charge in [-0.15, -0.1) is 0 Å². The zero-order valence-corrected chi connectivity index (χ0v) is 25.5. The average Bonchev–Trinajstić information content (AvgIpc) is 3.27. The number of methoxy groups -OCH3 is 1. The van der Waals surface area contributed by atoms with Gasteiger partial charge >= 0.3 is 11.9 Å². The van der Waals surface area contributed by atoms with E-state index in [1.807, 2.05) is 13.0 Å². The van der Waals surface area contributed by atoms with E-state index in [-0.39, 0.29) is 34.2 Å². The van der Waals surface area contributed by atoms with Crippen LogP contribution in [0.25, 0.3) is 0 Å². The van der Waals surface area contributed by atoms with E-state index in [4.69, 9.17) is 19.9 Å². The molecule has 42 heavy (non-hydrogen) atoms. The Hall–Kier alpha value is -2.00. The SMILES string of the molecule is COC(=O)[C@H]1CC[C@@]2(N)[C@@H]3CC[C@@H]4C[C@@H]([C@H]5O[C@@H](C)[C@H](OC(=O)c6ccccc6)[C@@H](O)[C@H]5O)CC[C@]4(C)[C@H]3CC[C@]12C. The van der Waals surface area contributed by atoms with Crippen molar-refractivity contribution in [1.82, 2.24) is 0 Å². The maximum atomic E-state index is 12.7. The number of aliphatic hydroxyl groups is 2. The number of aliphatic hydroxyl groups excluding tert-OH is 2. The number of ether oxygens (including phenoxy) is 3. The van der Waals surface area contributed by atoms with Gasteiger partial charge in [-0.2, -0.15) is 0 Å². The predicted molar refractivity (Wildman–Crippen MR) is 156 cm³/mol. The van der Waals surface area contributed by atoms with E-state index in [0.29, 0.717) is 23.3 Å². The first-order chi connectivity index (χ1) is 19.9. The van der Waals surface area contributed by atoms with Gasteiger partial charge in [0.25, 0.3) is 0 Å². The van der Waals surface area contributed by atoms with E-state index < -0.39 is 36.5 Å². The van der Waals surface area contributed by atoms with Crippen molar-refractivity contribution >= 4 is 11.9 Å². The fourth-order valence-corrected chi connectivity index (χ4v) is 10.6. The van der Waals surface area contributed by atoms with Crippen LogP contribution in [0.5, 0.6) is 0 Å². The molecule has 1 aromatic rings. The highest BCUT2D eigenvalue weighted by Gasteiger charge is 2.67. The quantitative estimate of drug-likeness (QED) is 0.449. The Bertz CT molecular complexity index is 1180. The van der Waals surface area contributed by atoms with E-state index in [9.17, 15) is 19.8 Å². The highest BCUT2D eigenvalue weighted by atomic mass is 16.6. The molecule has 1 saturated heterocycles. The van der Waals surface area contributed by atoms with Gasteiger partial charge in [0.1, 0.15) is 12.2 Å². The van der Waals surface area contributed by atoms with Crippen LogP contribution in [0.1, 0.15) is 88.9 Å². The van der Waals surface area contributed by atoms with Gasteiger partial charge in [0.2, 0.25) is 0 Å². The second-order valence-electron chi connectivity index (χ2n) is 14.7. The standard InChI is InChI=1S/C34H49NO7/c1-19-28(42-30(38)20-8-6-5-7-9-20)26(36)27(37)29(41-19)21-12-15-32(2)22(18-21)10-11-24-23(32)13-16-33(3)25(31(39)40-4)14-17-34(24,33)35/h5-9,19,21-29,36-37H,10-18,35H2,1-4H3/t19-,21-,22+,23-,24+,25+,26-,27+,28-,29+,32-,33+,34+/m0/s1. The largest absolute Gasteiger partial charge is 0.469 e. The van der Waals surface area contributed by atoms with Crippen LogP contribution in [0.4, 0.5) is 0 Å². The van der Waals surface area contributed by atoms with E-state index >= 15 is 0 Å². The maximum Gasteiger partial charge on any atom is 0.338 e. The summed E-state index contributed by atoms with van der Waals surface area (Å²) in [5.74, 6) is 0.741. The Balaban J connectivity index is 1.14. The van der Waals surface area contributed by atoms with Gasteiger partial charge in [0.05, 0.1) is 30.8 Å². The topological polar surface area (TPSA) is 128 Å². The van der Waals surface area contributed by atoms with Crippen LogP contribution in [0.3, 0.4) is 0 Å². The number of esters is 2. The van der Waals surface area contributed by atoms with E-state index in [1.165, 1.54) is 7.11 Å². The van der Waals surface area contributed by atoms with Crippen LogP contribution in [0, 0.1) is 40.4 Å². The molecule has 232 valence electrons. The molecule has 8 nitrogen and oxygen atoms in total. The Labute approximate surface area is 249 Å². The summed E-state index contributed by atoms with van der Waals surface area (Å²) in [4.78, 5) is 25.4. The smallest absolute Gasteiger partial charge is 0.338 e. The van der Waals surface area contributed by atoms with Crippen molar-refractivity contribution in [3.05, 3.63) is 35.9 Å². The second-order valence-corrected chi connectivity index (χ2v) is 14.7. The fourth-order valence-electron chi connectivity index (χ4n) is 10.6. The summed E-state index contributed by atoms with van der Waals surface area (Å²) in [6.07, 6.45) is 4.40. The lowest BCUT2D eigenvalue weighted by atomic mass is 9.42. The molecule has 0 bridgehead atoms. The molecule has 4 aliphatic carbocycles. The summed E-state index contributed by atoms with van der Waals surface area (Å²) in [6, 6.07) is 8.67. The third-order valence-electron chi connectivity index (χ3n) is 13.1. The molecule has 4 N–H and O–H groups in total. The number of rotatable bonds is 4. The molecule has 5 aliphatic rings. The Morgan fingerprint density at radius 3 is 2.40 bits per heavy atom. The van der Waals surface area contributed by atoms with Crippen LogP contribution < -0.4 is 5.73 Å². The summed E-state index contributed by atoms with van der Waals surface area (Å²) in [6.45, 7) is 6.51. The van der Waals surface area contributed by atoms with Crippen molar-refractivity contribution in [3.8, 4) is 0 Å². The van der Waals surface area contributed by atoms with Gasteiger partial charge < -0.3 is 30.2 Å². The molecule has 6 rings (SSSR count). The lowest BCUT2D eigenvalue weighted by Gasteiger charge is -2.64. The minimum absolute atomic E-state index is 0.108. The number of hydrogen-bond donors (Lipinski definition) is 3.